The monoisotopic (exact) mass is 242 g/mol. The Hall–Kier alpha value is -1.70. The maximum atomic E-state index is 3.43. The number of nitrogens with one attached hydrogen (secondary N) is 2. The van der Waals surface area contributed by atoms with Gasteiger partial charge in [0.15, 0.2) is 0 Å². The summed E-state index contributed by atoms with van der Waals surface area (Å²) in [5.74, 6) is 0. The van der Waals surface area contributed by atoms with Crippen LogP contribution in [-0.4, -0.2) is 13.1 Å². The second-order valence-corrected chi connectivity index (χ2v) is 4.63. The van der Waals surface area contributed by atoms with E-state index in [1.165, 1.54) is 22.1 Å². The molecule has 0 saturated heterocycles. The van der Waals surface area contributed by atoms with Gasteiger partial charge in [-0.3, -0.25) is 0 Å². The molecule has 2 N–H and O–H groups in total. The van der Waals surface area contributed by atoms with Gasteiger partial charge in [0.1, 0.15) is 0 Å². The van der Waals surface area contributed by atoms with Crippen molar-refractivity contribution in [2.45, 2.75) is 26.7 Å². The highest BCUT2D eigenvalue weighted by molar-refractivity contribution is 5.88. The van der Waals surface area contributed by atoms with E-state index in [1.54, 1.807) is 0 Å². The fraction of sp³-hybridized carbons (Fsp3) is 0.375. The molecule has 0 aliphatic rings. The quantitative estimate of drug-likeness (QED) is 0.780. The SMILES string of the molecule is CCCNc1ccc2ccc(NCCC)cc2c1. The van der Waals surface area contributed by atoms with Gasteiger partial charge in [0.25, 0.3) is 0 Å². The van der Waals surface area contributed by atoms with Crippen LogP contribution in [0.5, 0.6) is 0 Å². The average Bonchev–Trinajstić information content (AvgIpc) is 2.42. The molecule has 0 aromatic heterocycles. The van der Waals surface area contributed by atoms with Crippen LogP contribution in [0.25, 0.3) is 10.8 Å². The van der Waals surface area contributed by atoms with Gasteiger partial charge in [-0.1, -0.05) is 26.0 Å². The first-order valence-electron chi connectivity index (χ1n) is 6.85. The van der Waals surface area contributed by atoms with Crippen molar-refractivity contribution in [3.8, 4) is 0 Å². The van der Waals surface area contributed by atoms with Crippen LogP contribution in [0, 0.1) is 0 Å². The second-order valence-electron chi connectivity index (χ2n) is 4.63. The van der Waals surface area contributed by atoms with Crippen LogP contribution < -0.4 is 10.6 Å². The predicted octanol–water partition coefficient (Wildman–Crippen LogP) is 4.48. The molecule has 2 aromatic rings. The first-order chi connectivity index (χ1) is 8.83. The van der Waals surface area contributed by atoms with Crippen molar-refractivity contribution in [2.24, 2.45) is 0 Å². The Morgan fingerprint density at radius 2 is 1.22 bits per heavy atom. The summed E-state index contributed by atoms with van der Waals surface area (Å²) in [6.45, 7) is 6.42. The summed E-state index contributed by atoms with van der Waals surface area (Å²) in [7, 11) is 0. The Morgan fingerprint density at radius 3 is 1.67 bits per heavy atom. The molecule has 0 aliphatic carbocycles. The molecule has 2 nitrogen and oxygen atoms in total. The Balaban J connectivity index is 2.22. The molecule has 0 unspecified atom stereocenters. The molecule has 0 radical (unpaired) electrons. The van der Waals surface area contributed by atoms with Crippen molar-refractivity contribution in [1.29, 1.82) is 0 Å². The third-order valence-corrected chi connectivity index (χ3v) is 3.00. The van der Waals surface area contributed by atoms with Crippen molar-refractivity contribution in [1.82, 2.24) is 0 Å². The van der Waals surface area contributed by atoms with Crippen LogP contribution >= 0.6 is 0 Å². The maximum absolute atomic E-state index is 3.43. The highest BCUT2D eigenvalue weighted by Crippen LogP contribution is 2.22. The minimum Gasteiger partial charge on any atom is -0.385 e. The van der Waals surface area contributed by atoms with Gasteiger partial charge < -0.3 is 10.6 Å². The molecule has 2 heteroatoms. The first-order valence-corrected chi connectivity index (χ1v) is 6.85. The van der Waals surface area contributed by atoms with Gasteiger partial charge in [0.05, 0.1) is 0 Å². The molecule has 0 heterocycles. The fourth-order valence-electron chi connectivity index (χ4n) is 2.01. The second kappa shape index (κ2) is 6.29. The number of fused-ring (bicyclic) bond motifs is 1. The highest BCUT2D eigenvalue weighted by Gasteiger charge is 1.98. The van der Waals surface area contributed by atoms with Crippen LogP contribution in [-0.2, 0) is 0 Å². The summed E-state index contributed by atoms with van der Waals surface area (Å²) < 4.78 is 0. The van der Waals surface area contributed by atoms with Gasteiger partial charge in [-0.05, 0) is 47.9 Å². The molecule has 0 amide bonds. The van der Waals surface area contributed by atoms with Gasteiger partial charge in [-0.15, -0.1) is 0 Å². The van der Waals surface area contributed by atoms with Gasteiger partial charge in [-0.25, -0.2) is 0 Å². The molecule has 0 atom stereocenters. The van der Waals surface area contributed by atoms with Crippen molar-refractivity contribution in [2.75, 3.05) is 23.7 Å². The van der Waals surface area contributed by atoms with Crippen molar-refractivity contribution < 1.29 is 0 Å². The predicted molar refractivity (Wildman–Crippen MR) is 81.5 cm³/mol. The lowest BCUT2D eigenvalue weighted by atomic mass is 10.1. The van der Waals surface area contributed by atoms with Crippen LogP contribution in [0.1, 0.15) is 26.7 Å². The Bertz CT molecular complexity index is 463. The van der Waals surface area contributed by atoms with E-state index in [9.17, 15) is 0 Å². The lowest BCUT2D eigenvalue weighted by Gasteiger charge is -2.09. The number of hydrogen-bond acceptors (Lipinski definition) is 2. The van der Waals surface area contributed by atoms with E-state index in [-0.39, 0.29) is 0 Å². The average molecular weight is 242 g/mol. The third kappa shape index (κ3) is 3.16. The van der Waals surface area contributed by atoms with Gasteiger partial charge in [-0.2, -0.15) is 0 Å². The normalized spacial score (nSPS) is 10.6. The number of rotatable bonds is 6. The van der Waals surface area contributed by atoms with Crippen LogP contribution in [0.3, 0.4) is 0 Å². The van der Waals surface area contributed by atoms with Crippen molar-refractivity contribution in [3.05, 3.63) is 36.4 Å². The lowest BCUT2D eigenvalue weighted by Crippen LogP contribution is -2.00. The minimum atomic E-state index is 1.03. The van der Waals surface area contributed by atoms with E-state index in [2.05, 4.69) is 60.9 Å². The highest BCUT2D eigenvalue weighted by atomic mass is 14.9. The minimum absolute atomic E-state index is 1.03. The first kappa shape index (κ1) is 12.7. The molecule has 2 rings (SSSR count). The topological polar surface area (TPSA) is 24.1 Å². The van der Waals surface area contributed by atoms with E-state index in [0.29, 0.717) is 0 Å². The van der Waals surface area contributed by atoms with Crippen LogP contribution in [0.15, 0.2) is 36.4 Å². The zero-order valence-electron chi connectivity index (χ0n) is 11.3. The Morgan fingerprint density at radius 1 is 0.722 bits per heavy atom. The van der Waals surface area contributed by atoms with Gasteiger partial charge in [0, 0.05) is 24.5 Å². The summed E-state index contributed by atoms with van der Waals surface area (Å²) in [5, 5.41) is 9.44. The zero-order valence-corrected chi connectivity index (χ0v) is 11.3. The molecule has 0 saturated carbocycles. The molecular weight excluding hydrogens is 220 g/mol. The van der Waals surface area contributed by atoms with Crippen molar-refractivity contribution in [3.63, 3.8) is 0 Å². The Labute approximate surface area is 109 Å². The number of hydrogen-bond donors (Lipinski definition) is 2. The molecule has 2 aromatic carbocycles. The summed E-state index contributed by atoms with van der Waals surface area (Å²) in [6.07, 6.45) is 2.30. The standard InChI is InChI=1S/C16H22N2/c1-3-9-17-15-7-5-13-6-8-16(18-10-4-2)12-14(13)11-15/h5-8,11-12,17-18H,3-4,9-10H2,1-2H3. The van der Waals surface area contributed by atoms with Gasteiger partial charge >= 0.3 is 0 Å². The summed E-state index contributed by atoms with van der Waals surface area (Å²) in [6, 6.07) is 13.1. The molecule has 96 valence electrons. The molecule has 0 bridgehead atoms. The lowest BCUT2D eigenvalue weighted by molar-refractivity contribution is 0.979. The fourth-order valence-corrected chi connectivity index (χ4v) is 2.01. The molecule has 18 heavy (non-hydrogen) atoms. The smallest absolute Gasteiger partial charge is 0.0346 e. The zero-order chi connectivity index (χ0) is 12.8. The summed E-state index contributed by atoms with van der Waals surface area (Å²) in [5.41, 5.74) is 2.41. The molecule has 0 aliphatic heterocycles. The Kier molecular flexibility index (Phi) is 4.46. The van der Waals surface area contributed by atoms with Gasteiger partial charge in [0.2, 0.25) is 0 Å². The maximum Gasteiger partial charge on any atom is 0.0346 e. The summed E-state index contributed by atoms with van der Waals surface area (Å²) in [4.78, 5) is 0. The summed E-state index contributed by atoms with van der Waals surface area (Å²) >= 11 is 0. The number of anilines is 2. The largest absolute Gasteiger partial charge is 0.385 e. The third-order valence-electron chi connectivity index (χ3n) is 3.00. The van der Waals surface area contributed by atoms with E-state index in [0.717, 1.165) is 25.9 Å². The molecule has 0 fully saturated rings. The van der Waals surface area contributed by atoms with Crippen LogP contribution in [0.2, 0.25) is 0 Å². The van der Waals surface area contributed by atoms with E-state index in [1.807, 2.05) is 0 Å². The van der Waals surface area contributed by atoms with Crippen molar-refractivity contribution >= 4 is 22.1 Å². The molecular formula is C16H22N2. The van der Waals surface area contributed by atoms with Crippen LogP contribution in [0.4, 0.5) is 11.4 Å². The van der Waals surface area contributed by atoms with E-state index >= 15 is 0 Å². The number of benzene rings is 2. The van der Waals surface area contributed by atoms with E-state index in [4.69, 9.17) is 0 Å². The van der Waals surface area contributed by atoms with E-state index < -0.39 is 0 Å². The molecule has 0 spiro atoms.